The molecular formula is C12H18ClNO3S2. The maximum atomic E-state index is 12.7. The molecule has 4 nitrogen and oxygen atoms in total. The highest BCUT2D eigenvalue weighted by atomic mass is 35.5. The number of rotatable bonds is 4. The fraction of sp³-hybridized carbons (Fsp3) is 0.667. The van der Waals surface area contributed by atoms with Gasteiger partial charge in [-0.2, -0.15) is 4.31 Å². The van der Waals surface area contributed by atoms with Crippen molar-refractivity contribution in [1.29, 1.82) is 0 Å². The van der Waals surface area contributed by atoms with Gasteiger partial charge in [-0.1, -0.05) is 0 Å². The second-order valence-corrected chi connectivity index (χ2v) is 7.92. The van der Waals surface area contributed by atoms with Gasteiger partial charge in [-0.25, -0.2) is 8.42 Å². The lowest BCUT2D eigenvalue weighted by Crippen LogP contribution is -2.41. The van der Waals surface area contributed by atoms with Crippen molar-refractivity contribution >= 4 is 33.0 Å². The van der Waals surface area contributed by atoms with E-state index in [0.717, 1.165) is 12.0 Å². The van der Waals surface area contributed by atoms with Crippen LogP contribution in [-0.2, 0) is 20.6 Å². The molecule has 0 radical (unpaired) electrons. The number of thiophene rings is 1. The Morgan fingerprint density at radius 2 is 2.26 bits per heavy atom. The third-order valence-corrected chi connectivity index (χ3v) is 7.32. The summed E-state index contributed by atoms with van der Waals surface area (Å²) < 4.78 is 32.4. The van der Waals surface area contributed by atoms with E-state index < -0.39 is 10.0 Å². The summed E-state index contributed by atoms with van der Waals surface area (Å²) in [6.07, 6.45) is 0.661. The van der Waals surface area contributed by atoms with E-state index in [4.69, 9.17) is 16.3 Å². The number of halogens is 1. The molecule has 1 aromatic rings. The van der Waals surface area contributed by atoms with Crippen LogP contribution in [0.3, 0.4) is 0 Å². The summed E-state index contributed by atoms with van der Waals surface area (Å²) in [7, 11) is -1.88. The number of nitrogens with zero attached hydrogens (tertiary/aromatic N) is 1. The minimum Gasteiger partial charge on any atom is -0.377 e. The Balaban J connectivity index is 2.39. The van der Waals surface area contributed by atoms with Crippen LogP contribution in [0.15, 0.2) is 10.3 Å². The van der Waals surface area contributed by atoms with E-state index in [2.05, 4.69) is 0 Å². The third kappa shape index (κ3) is 2.69. The SMILES string of the molecule is Cc1csc(CCl)c1S(=O)(=O)N(C)C1CCOC1C. The first-order valence-electron chi connectivity index (χ1n) is 6.12. The molecule has 0 aliphatic carbocycles. The lowest BCUT2D eigenvalue weighted by molar-refractivity contribution is 0.102. The first kappa shape index (κ1) is 15.3. The number of alkyl halides is 1. The van der Waals surface area contributed by atoms with Crippen LogP contribution in [0.2, 0.25) is 0 Å². The van der Waals surface area contributed by atoms with Gasteiger partial charge in [0.05, 0.1) is 18.0 Å². The molecule has 2 heterocycles. The number of likely N-dealkylation sites (N-methyl/N-ethyl adjacent to an activating group) is 1. The molecule has 19 heavy (non-hydrogen) atoms. The van der Waals surface area contributed by atoms with Crippen molar-refractivity contribution in [3.05, 3.63) is 15.8 Å². The molecule has 1 aliphatic heterocycles. The van der Waals surface area contributed by atoms with Gasteiger partial charge in [0.25, 0.3) is 0 Å². The van der Waals surface area contributed by atoms with E-state index in [0.29, 0.717) is 16.4 Å². The zero-order chi connectivity index (χ0) is 14.2. The summed E-state index contributed by atoms with van der Waals surface area (Å²) in [5.74, 6) is 0.220. The average Bonchev–Trinajstić information content (AvgIpc) is 2.94. The van der Waals surface area contributed by atoms with Gasteiger partial charge in [-0.15, -0.1) is 22.9 Å². The summed E-state index contributed by atoms with van der Waals surface area (Å²) in [6, 6.07) is -0.104. The van der Waals surface area contributed by atoms with E-state index in [1.807, 2.05) is 19.2 Å². The quantitative estimate of drug-likeness (QED) is 0.800. The molecule has 1 aliphatic rings. The molecule has 0 amide bonds. The largest absolute Gasteiger partial charge is 0.377 e. The summed E-state index contributed by atoms with van der Waals surface area (Å²) in [6.45, 7) is 4.32. The molecule has 0 saturated carbocycles. The fourth-order valence-electron chi connectivity index (χ4n) is 2.45. The van der Waals surface area contributed by atoms with E-state index in [1.165, 1.54) is 15.6 Å². The Bertz CT molecular complexity index is 555. The minimum atomic E-state index is -3.51. The molecule has 1 saturated heterocycles. The van der Waals surface area contributed by atoms with Crippen molar-refractivity contribution < 1.29 is 13.2 Å². The van der Waals surface area contributed by atoms with E-state index in [9.17, 15) is 8.42 Å². The minimum absolute atomic E-state index is 0.0711. The Kier molecular flexibility index (Phi) is 4.57. The summed E-state index contributed by atoms with van der Waals surface area (Å²) in [5, 5.41) is 1.84. The van der Waals surface area contributed by atoms with E-state index in [1.54, 1.807) is 7.05 Å². The number of hydrogen-bond donors (Lipinski definition) is 0. The Morgan fingerprint density at radius 3 is 2.79 bits per heavy atom. The van der Waals surface area contributed by atoms with Crippen molar-refractivity contribution in [2.45, 2.75) is 43.2 Å². The van der Waals surface area contributed by atoms with E-state index >= 15 is 0 Å². The Hall–Kier alpha value is -0.140. The molecule has 0 spiro atoms. The van der Waals surface area contributed by atoms with Crippen LogP contribution in [0.1, 0.15) is 23.8 Å². The van der Waals surface area contributed by atoms with Crippen molar-refractivity contribution in [2.75, 3.05) is 13.7 Å². The molecular weight excluding hydrogens is 306 g/mol. The van der Waals surface area contributed by atoms with Crippen LogP contribution in [0.5, 0.6) is 0 Å². The molecule has 1 aromatic heterocycles. The Labute approximate surface area is 123 Å². The van der Waals surface area contributed by atoms with Crippen molar-refractivity contribution in [2.24, 2.45) is 0 Å². The van der Waals surface area contributed by atoms with Gasteiger partial charge < -0.3 is 4.74 Å². The standard InChI is InChI=1S/C12H18ClNO3S2/c1-8-7-18-11(6-13)12(8)19(15,16)14(3)10-4-5-17-9(10)2/h7,9-10H,4-6H2,1-3H3. The second-order valence-electron chi connectivity index (χ2n) is 4.76. The number of sulfonamides is 1. The molecule has 0 aromatic carbocycles. The molecule has 0 bridgehead atoms. The average molecular weight is 324 g/mol. The molecule has 108 valence electrons. The van der Waals surface area contributed by atoms with Gasteiger partial charge in [-0.3, -0.25) is 0 Å². The summed E-state index contributed by atoms with van der Waals surface area (Å²) in [4.78, 5) is 1.08. The number of ether oxygens (including phenoxy) is 1. The smallest absolute Gasteiger partial charge is 0.244 e. The van der Waals surface area contributed by atoms with Crippen LogP contribution < -0.4 is 0 Å². The van der Waals surface area contributed by atoms with Gasteiger partial charge in [0, 0.05) is 18.5 Å². The van der Waals surface area contributed by atoms with Crippen LogP contribution in [0.4, 0.5) is 0 Å². The second kappa shape index (κ2) is 5.69. The van der Waals surface area contributed by atoms with Crippen LogP contribution in [0, 0.1) is 6.92 Å². The maximum absolute atomic E-state index is 12.7. The van der Waals surface area contributed by atoms with Crippen molar-refractivity contribution in [1.82, 2.24) is 4.31 Å². The Morgan fingerprint density at radius 1 is 1.58 bits per heavy atom. The van der Waals surface area contributed by atoms with Gasteiger partial charge >= 0.3 is 0 Å². The number of hydrogen-bond acceptors (Lipinski definition) is 4. The van der Waals surface area contributed by atoms with Crippen LogP contribution in [-0.4, -0.2) is 38.5 Å². The maximum Gasteiger partial charge on any atom is 0.244 e. The first-order valence-corrected chi connectivity index (χ1v) is 8.97. The highest BCUT2D eigenvalue weighted by molar-refractivity contribution is 7.89. The first-order chi connectivity index (χ1) is 8.89. The molecule has 0 N–H and O–H groups in total. The lowest BCUT2D eigenvalue weighted by atomic mass is 10.2. The zero-order valence-corrected chi connectivity index (χ0v) is 13.6. The highest BCUT2D eigenvalue weighted by Crippen LogP contribution is 2.32. The lowest BCUT2D eigenvalue weighted by Gasteiger charge is -2.26. The monoisotopic (exact) mass is 323 g/mol. The number of aryl methyl sites for hydroxylation is 1. The summed E-state index contributed by atoms with van der Waals surface area (Å²) >= 11 is 7.24. The normalized spacial score (nSPS) is 24.3. The highest BCUT2D eigenvalue weighted by Gasteiger charge is 2.37. The molecule has 2 atom stereocenters. The van der Waals surface area contributed by atoms with Crippen molar-refractivity contribution in [3.63, 3.8) is 0 Å². The van der Waals surface area contributed by atoms with Gasteiger partial charge in [-0.05, 0) is 31.2 Å². The predicted octanol–water partition coefficient (Wildman–Crippen LogP) is 2.59. The van der Waals surface area contributed by atoms with Crippen LogP contribution in [0.25, 0.3) is 0 Å². The molecule has 1 fully saturated rings. The van der Waals surface area contributed by atoms with E-state index in [-0.39, 0.29) is 18.0 Å². The molecule has 2 rings (SSSR count). The fourth-order valence-corrected chi connectivity index (χ4v) is 5.90. The van der Waals surface area contributed by atoms with Gasteiger partial charge in [0.15, 0.2) is 0 Å². The molecule has 2 unspecified atom stereocenters. The molecule has 7 heteroatoms. The van der Waals surface area contributed by atoms with Gasteiger partial charge in [0.2, 0.25) is 10.0 Å². The summed E-state index contributed by atoms with van der Waals surface area (Å²) in [5.41, 5.74) is 0.763. The third-order valence-electron chi connectivity index (χ3n) is 3.55. The van der Waals surface area contributed by atoms with Gasteiger partial charge in [0.1, 0.15) is 4.90 Å². The van der Waals surface area contributed by atoms with Crippen LogP contribution >= 0.6 is 22.9 Å². The predicted molar refractivity (Wildman–Crippen MR) is 77.4 cm³/mol. The zero-order valence-electron chi connectivity index (χ0n) is 11.2. The van der Waals surface area contributed by atoms with Crippen molar-refractivity contribution in [3.8, 4) is 0 Å². The topological polar surface area (TPSA) is 46.6 Å².